The van der Waals surface area contributed by atoms with Crippen LogP contribution in [0.2, 0.25) is 0 Å². The van der Waals surface area contributed by atoms with Gasteiger partial charge in [0.1, 0.15) is 10.6 Å². The standard InChI is InChI=1S/C21H26N2O4S/c1-27-19-13-12-17(21(24)23-18-10-6-3-7-11-18)14-20(19)28(25,26)22-15-16-8-4-2-5-9-16/h2,4-5,8-9,12-14,18,22H,3,6-7,10-11,15H2,1H3,(H,23,24). The van der Waals surface area contributed by atoms with Crippen molar-refractivity contribution in [1.29, 1.82) is 0 Å². The van der Waals surface area contributed by atoms with Crippen LogP contribution in [0.5, 0.6) is 5.75 Å². The molecule has 2 aromatic carbocycles. The van der Waals surface area contributed by atoms with Crippen molar-refractivity contribution >= 4 is 15.9 Å². The number of methoxy groups -OCH3 is 1. The molecule has 0 aromatic heterocycles. The summed E-state index contributed by atoms with van der Waals surface area (Å²) in [6.07, 6.45) is 5.34. The van der Waals surface area contributed by atoms with E-state index in [1.165, 1.54) is 25.7 Å². The maximum absolute atomic E-state index is 12.8. The summed E-state index contributed by atoms with van der Waals surface area (Å²) in [5.74, 6) is -0.0520. The van der Waals surface area contributed by atoms with Gasteiger partial charge in [0.05, 0.1) is 7.11 Å². The molecule has 0 radical (unpaired) electrons. The van der Waals surface area contributed by atoms with E-state index in [1.54, 1.807) is 6.07 Å². The van der Waals surface area contributed by atoms with Gasteiger partial charge in [0, 0.05) is 18.2 Å². The fourth-order valence-corrected chi connectivity index (χ4v) is 4.61. The highest BCUT2D eigenvalue weighted by Gasteiger charge is 2.23. The lowest BCUT2D eigenvalue weighted by Gasteiger charge is -2.23. The molecule has 7 heteroatoms. The largest absolute Gasteiger partial charge is 0.495 e. The molecule has 1 saturated carbocycles. The second-order valence-electron chi connectivity index (χ2n) is 6.98. The van der Waals surface area contributed by atoms with E-state index in [0.29, 0.717) is 5.56 Å². The topological polar surface area (TPSA) is 84.5 Å². The van der Waals surface area contributed by atoms with Crippen LogP contribution in [0.15, 0.2) is 53.4 Å². The molecule has 0 saturated heterocycles. The number of rotatable bonds is 7. The monoisotopic (exact) mass is 402 g/mol. The molecule has 1 aliphatic rings. The molecule has 1 aliphatic carbocycles. The molecule has 1 fully saturated rings. The Hall–Kier alpha value is -2.38. The van der Waals surface area contributed by atoms with Gasteiger partial charge in [-0.2, -0.15) is 0 Å². The molecule has 150 valence electrons. The summed E-state index contributed by atoms with van der Waals surface area (Å²) in [4.78, 5) is 12.6. The first-order chi connectivity index (χ1) is 13.5. The number of ether oxygens (including phenoxy) is 1. The predicted molar refractivity (Wildman–Crippen MR) is 108 cm³/mol. The van der Waals surface area contributed by atoms with E-state index in [0.717, 1.165) is 31.2 Å². The Morgan fingerprint density at radius 1 is 1.07 bits per heavy atom. The van der Waals surface area contributed by atoms with Gasteiger partial charge in [-0.3, -0.25) is 4.79 Å². The molecule has 0 atom stereocenters. The van der Waals surface area contributed by atoms with Crippen LogP contribution in [0.3, 0.4) is 0 Å². The van der Waals surface area contributed by atoms with Crippen LogP contribution in [0.1, 0.15) is 48.0 Å². The summed E-state index contributed by atoms with van der Waals surface area (Å²) in [7, 11) is -2.44. The molecular weight excluding hydrogens is 376 g/mol. The van der Waals surface area contributed by atoms with Gasteiger partial charge in [-0.1, -0.05) is 49.6 Å². The first-order valence-electron chi connectivity index (χ1n) is 9.52. The lowest BCUT2D eigenvalue weighted by Crippen LogP contribution is -2.36. The zero-order valence-corrected chi connectivity index (χ0v) is 16.8. The van der Waals surface area contributed by atoms with Crippen LogP contribution in [0, 0.1) is 0 Å². The Morgan fingerprint density at radius 2 is 1.79 bits per heavy atom. The number of carbonyl (C=O) groups is 1. The summed E-state index contributed by atoms with van der Waals surface area (Å²) in [6.45, 7) is 0.158. The lowest BCUT2D eigenvalue weighted by molar-refractivity contribution is 0.0927. The smallest absolute Gasteiger partial charge is 0.251 e. The summed E-state index contributed by atoms with van der Waals surface area (Å²) in [5.41, 5.74) is 1.16. The third-order valence-corrected chi connectivity index (χ3v) is 6.39. The minimum Gasteiger partial charge on any atom is -0.495 e. The van der Waals surface area contributed by atoms with Crippen LogP contribution in [0.25, 0.3) is 0 Å². The van der Waals surface area contributed by atoms with E-state index in [-0.39, 0.29) is 29.1 Å². The van der Waals surface area contributed by atoms with Gasteiger partial charge in [0.15, 0.2) is 0 Å². The number of benzene rings is 2. The Kier molecular flexibility index (Phi) is 6.70. The van der Waals surface area contributed by atoms with Gasteiger partial charge in [0.25, 0.3) is 5.91 Å². The highest BCUT2D eigenvalue weighted by atomic mass is 32.2. The number of nitrogens with one attached hydrogen (secondary N) is 2. The minimum atomic E-state index is -3.85. The zero-order chi connectivity index (χ0) is 20.0. The Bertz CT molecular complexity index is 907. The highest BCUT2D eigenvalue weighted by Crippen LogP contribution is 2.25. The van der Waals surface area contributed by atoms with Crippen molar-refractivity contribution in [3.05, 3.63) is 59.7 Å². The lowest BCUT2D eigenvalue weighted by atomic mass is 9.95. The average Bonchev–Trinajstić information content (AvgIpc) is 2.73. The van der Waals surface area contributed by atoms with Crippen molar-refractivity contribution in [2.24, 2.45) is 0 Å². The van der Waals surface area contributed by atoms with Crippen LogP contribution in [-0.2, 0) is 16.6 Å². The highest BCUT2D eigenvalue weighted by molar-refractivity contribution is 7.89. The minimum absolute atomic E-state index is 0.0396. The first kappa shape index (κ1) is 20.4. The third kappa shape index (κ3) is 5.11. The summed E-state index contributed by atoms with van der Waals surface area (Å²) >= 11 is 0. The van der Waals surface area contributed by atoms with Crippen molar-refractivity contribution in [1.82, 2.24) is 10.0 Å². The summed E-state index contributed by atoms with van der Waals surface area (Å²) in [5, 5.41) is 3.01. The Morgan fingerprint density at radius 3 is 2.46 bits per heavy atom. The number of hydrogen-bond donors (Lipinski definition) is 2. The SMILES string of the molecule is COc1ccc(C(=O)NC2CCCCC2)cc1S(=O)(=O)NCc1ccccc1. The molecule has 0 aliphatic heterocycles. The zero-order valence-electron chi connectivity index (χ0n) is 16.0. The van der Waals surface area contributed by atoms with Gasteiger partial charge < -0.3 is 10.1 Å². The van der Waals surface area contributed by atoms with Gasteiger partial charge in [-0.05, 0) is 36.6 Å². The molecule has 1 amide bonds. The molecule has 2 aromatic rings. The van der Waals surface area contributed by atoms with E-state index in [9.17, 15) is 13.2 Å². The number of carbonyl (C=O) groups excluding carboxylic acids is 1. The van der Waals surface area contributed by atoms with Gasteiger partial charge in [-0.25, -0.2) is 13.1 Å². The van der Waals surface area contributed by atoms with Crippen molar-refractivity contribution in [3.63, 3.8) is 0 Å². The second-order valence-corrected chi connectivity index (χ2v) is 8.72. The maximum atomic E-state index is 12.8. The molecular formula is C21H26N2O4S. The molecule has 0 unspecified atom stereocenters. The predicted octanol–water partition coefficient (Wildman–Crippen LogP) is 3.24. The van der Waals surface area contributed by atoms with Crippen LogP contribution in [-0.4, -0.2) is 27.5 Å². The van der Waals surface area contributed by atoms with Gasteiger partial charge in [0.2, 0.25) is 10.0 Å². The first-order valence-corrected chi connectivity index (χ1v) is 11.0. The fourth-order valence-electron chi connectivity index (χ4n) is 3.40. The summed E-state index contributed by atoms with van der Waals surface area (Å²) in [6, 6.07) is 13.9. The molecule has 2 N–H and O–H groups in total. The van der Waals surface area contributed by atoms with Crippen molar-refractivity contribution in [2.75, 3.05) is 7.11 Å². The van der Waals surface area contributed by atoms with Gasteiger partial charge >= 0.3 is 0 Å². The molecule has 6 nitrogen and oxygen atoms in total. The van der Waals surface area contributed by atoms with Crippen molar-refractivity contribution in [3.8, 4) is 5.75 Å². The molecule has 3 rings (SSSR count). The number of hydrogen-bond acceptors (Lipinski definition) is 4. The van der Waals surface area contributed by atoms with Crippen LogP contribution < -0.4 is 14.8 Å². The number of sulfonamides is 1. The Balaban J connectivity index is 1.78. The summed E-state index contributed by atoms with van der Waals surface area (Å²) < 4.78 is 33.4. The fraction of sp³-hybridized carbons (Fsp3) is 0.381. The maximum Gasteiger partial charge on any atom is 0.251 e. The molecule has 28 heavy (non-hydrogen) atoms. The van der Waals surface area contributed by atoms with E-state index in [4.69, 9.17) is 4.74 Å². The molecule has 0 bridgehead atoms. The quantitative estimate of drug-likeness (QED) is 0.745. The van der Waals surface area contributed by atoms with Gasteiger partial charge in [-0.15, -0.1) is 0 Å². The van der Waals surface area contributed by atoms with Crippen molar-refractivity contribution < 1.29 is 17.9 Å². The van der Waals surface area contributed by atoms with E-state index in [1.807, 2.05) is 30.3 Å². The van der Waals surface area contributed by atoms with E-state index < -0.39 is 10.0 Å². The number of amides is 1. The molecule has 0 spiro atoms. The third-order valence-electron chi connectivity index (χ3n) is 4.96. The normalized spacial score (nSPS) is 15.2. The molecule has 0 heterocycles. The second kappa shape index (κ2) is 9.21. The van der Waals surface area contributed by atoms with Crippen LogP contribution >= 0.6 is 0 Å². The van der Waals surface area contributed by atoms with E-state index in [2.05, 4.69) is 10.0 Å². The van der Waals surface area contributed by atoms with Crippen LogP contribution in [0.4, 0.5) is 0 Å². The Labute approximate surface area is 166 Å². The van der Waals surface area contributed by atoms with Crippen molar-refractivity contribution in [2.45, 2.75) is 49.6 Å². The average molecular weight is 403 g/mol. The van der Waals surface area contributed by atoms with E-state index >= 15 is 0 Å².